The van der Waals surface area contributed by atoms with Crippen molar-refractivity contribution in [1.82, 2.24) is 9.36 Å². The fraction of sp³-hybridized carbons (Fsp3) is 0.778. The minimum absolute atomic E-state index is 0.408. The highest BCUT2D eigenvalue weighted by Gasteiger charge is 2.18. The van der Waals surface area contributed by atoms with Crippen molar-refractivity contribution in [3.8, 4) is 0 Å². The second-order valence-corrected chi connectivity index (χ2v) is 4.44. The van der Waals surface area contributed by atoms with Gasteiger partial charge in [-0.25, -0.2) is 4.98 Å². The Bertz CT molecular complexity index is 259. The topological polar surface area (TPSA) is 47.0 Å². The molecular formula is C9H15N3OS. The summed E-state index contributed by atoms with van der Waals surface area (Å²) < 4.78 is 9.51. The number of nitrogens with zero attached hydrogens (tertiary/aromatic N) is 2. The Morgan fingerprint density at radius 1 is 1.79 bits per heavy atom. The lowest BCUT2D eigenvalue weighted by Crippen LogP contribution is -2.21. The molecule has 1 aliphatic heterocycles. The van der Waals surface area contributed by atoms with E-state index >= 15 is 0 Å². The van der Waals surface area contributed by atoms with Gasteiger partial charge < -0.3 is 10.1 Å². The maximum Gasteiger partial charge on any atom is 0.202 e. The number of hydrogen-bond donors (Lipinski definition) is 1. The van der Waals surface area contributed by atoms with Crippen molar-refractivity contribution in [2.75, 3.05) is 11.9 Å². The van der Waals surface area contributed by atoms with Crippen LogP contribution in [-0.2, 0) is 4.74 Å². The lowest BCUT2D eigenvalue weighted by Gasteiger charge is -2.16. The first-order chi connectivity index (χ1) is 6.84. The standard InChI is InChI=1S/C9H15N3OS/c1-7(5-8-3-2-4-13-8)12-9-10-6-11-14-9/h6-8H,2-5H2,1H3,(H,10,11,12). The highest BCUT2D eigenvalue weighted by molar-refractivity contribution is 7.09. The van der Waals surface area contributed by atoms with Crippen LogP contribution in [-0.4, -0.2) is 28.1 Å². The summed E-state index contributed by atoms with van der Waals surface area (Å²) in [6.45, 7) is 3.08. The SMILES string of the molecule is CC(CC1CCCO1)Nc1ncns1. The van der Waals surface area contributed by atoms with Gasteiger partial charge in [-0.15, -0.1) is 0 Å². The first-order valence-corrected chi connectivity index (χ1v) is 5.77. The number of aromatic nitrogens is 2. The normalized spacial score (nSPS) is 23.6. The third-order valence-electron chi connectivity index (χ3n) is 2.37. The number of anilines is 1. The molecule has 0 bridgehead atoms. The minimum atomic E-state index is 0.408. The first kappa shape index (κ1) is 9.86. The van der Waals surface area contributed by atoms with Crippen molar-refractivity contribution in [2.45, 2.75) is 38.3 Å². The van der Waals surface area contributed by atoms with E-state index in [0.29, 0.717) is 12.1 Å². The van der Waals surface area contributed by atoms with E-state index in [1.54, 1.807) is 6.33 Å². The quantitative estimate of drug-likeness (QED) is 0.830. The molecule has 0 aliphatic carbocycles. The highest BCUT2D eigenvalue weighted by Crippen LogP contribution is 2.19. The minimum Gasteiger partial charge on any atom is -0.378 e. The van der Waals surface area contributed by atoms with Crippen LogP contribution in [0.25, 0.3) is 0 Å². The summed E-state index contributed by atoms with van der Waals surface area (Å²) in [4.78, 5) is 4.09. The predicted molar refractivity (Wildman–Crippen MR) is 56.6 cm³/mol. The molecule has 0 radical (unpaired) electrons. The van der Waals surface area contributed by atoms with Gasteiger partial charge in [-0.05, 0) is 26.2 Å². The Morgan fingerprint density at radius 3 is 3.36 bits per heavy atom. The van der Waals surface area contributed by atoms with Gasteiger partial charge in [-0.3, -0.25) is 0 Å². The zero-order chi connectivity index (χ0) is 9.80. The molecule has 2 unspecified atom stereocenters. The molecule has 5 heteroatoms. The van der Waals surface area contributed by atoms with Crippen molar-refractivity contribution in [2.24, 2.45) is 0 Å². The summed E-state index contributed by atoms with van der Waals surface area (Å²) in [7, 11) is 0. The molecule has 0 amide bonds. The second kappa shape index (κ2) is 4.70. The van der Waals surface area contributed by atoms with Gasteiger partial charge in [0.25, 0.3) is 0 Å². The number of rotatable bonds is 4. The first-order valence-electron chi connectivity index (χ1n) is 4.99. The van der Waals surface area contributed by atoms with Crippen molar-refractivity contribution in [1.29, 1.82) is 0 Å². The molecule has 0 spiro atoms. The summed E-state index contributed by atoms with van der Waals surface area (Å²) in [5, 5.41) is 4.21. The van der Waals surface area contributed by atoms with E-state index in [-0.39, 0.29) is 0 Å². The van der Waals surface area contributed by atoms with E-state index in [1.807, 2.05) is 0 Å². The van der Waals surface area contributed by atoms with Crippen LogP contribution >= 0.6 is 11.5 Å². The van der Waals surface area contributed by atoms with Gasteiger partial charge in [0.1, 0.15) is 6.33 Å². The van der Waals surface area contributed by atoms with Gasteiger partial charge in [-0.1, -0.05) is 0 Å². The Balaban J connectivity index is 1.75. The van der Waals surface area contributed by atoms with Gasteiger partial charge in [0.05, 0.1) is 6.10 Å². The number of ether oxygens (including phenoxy) is 1. The van der Waals surface area contributed by atoms with Crippen LogP contribution in [0, 0.1) is 0 Å². The molecule has 1 aliphatic rings. The van der Waals surface area contributed by atoms with Gasteiger partial charge in [0.15, 0.2) is 0 Å². The number of hydrogen-bond acceptors (Lipinski definition) is 5. The third kappa shape index (κ3) is 2.65. The lowest BCUT2D eigenvalue weighted by molar-refractivity contribution is 0.101. The molecular weight excluding hydrogens is 198 g/mol. The van der Waals surface area contributed by atoms with Gasteiger partial charge in [0, 0.05) is 24.2 Å². The summed E-state index contributed by atoms with van der Waals surface area (Å²) >= 11 is 1.40. The summed E-state index contributed by atoms with van der Waals surface area (Å²) in [5.74, 6) is 0. The molecule has 1 N–H and O–H groups in total. The molecule has 2 rings (SSSR count). The number of nitrogens with one attached hydrogen (secondary N) is 1. The van der Waals surface area contributed by atoms with Crippen LogP contribution in [0.2, 0.25) is 0 Å². The van der Waals surface area contributed by atoms with Gasteiger partial charge >= 0.3 is 0 Å². The van der Waals surface area contributed by atoms with Crippen molar-refractivity contribution < 1.29 is 4.74 Å². The van der Waals surface area contributed by atoms with Crippen LogP contribution in [0.4, 0.5) is 5.13 Å². The molecule has 1 fully saturated rings. The van der Waals surface area contributed by atoms with E-state index in [0.717, 1.165) is 18.2 Å². The van der Waals surface area contributed by atoms with E-state index in [1.165, 1.54) is 24.4 Å². The smallest absolute Gasteiger partial charge is 0.202 e. The zero-order valence-electron chi connectivity index (χ0n) is 8.27. The molecule has 1 aromatic heterocycles. The zero-order valence-corrected chi connectivity index (χ0v) is 9.09. The molecule has 4 nitrogen and oxygen atoms in total. The Morgan fingerprint density at radius 2 is 2.71 bits per heavy atom. The van der Waals surface area contributed by atoms with E-state index in [2.05, 4.69) is 21.6 Å². The van der Waals surface area contributed by atoms with Gasteiger partial charge in [0.2, 0.25) is 5.13 Å². The van der Waals surface area contributed by atoms with E-state index in [9.17, 15) is 0 Å². The third-order valence-corrected chi connectivity index (χ3v) is 2.97. The molecule has 0 aromatic carbocycles. The fourth-order valence-electron chi connectivity index (χ4n) is 1.73. The van der Waals surface area contributed by atoms with E-state index in [4.69, 9.17) is 4.74 Å². The van der Waals surface area contributed by atoms with Crippen molar-refractivity contribution >= 4 is 16.7 Å². The molecule has 2 heterocycles. The molecule has 1 aromatic rings. The van der Waals surface area contributed by atoms with Crippen LogP contribution in [0.5, 0.6) is 0 Å². The van der Waals surface area contributed by atoms with Gasteiger partial charge in [-0.2, -0.15) is 4.37 Å². The molecule has 14 heavy (non-hydrogen) atoms. The largest absolute Gasteiger partial charge is 0.378 e. The molecule has 0 saturated carbocycles. The highest BCUT2D eigenvalue weighted by atomic mass is 32.1. The molecule has 1 saturated heterocycles. The maximum atomic E-state index is 5.57. The van der Waals surface area contributed by atoms with Crippen LogP contribution in [0.1, 0.15) is 26.2 Å². The Kier molecular flexibility index (Phi) is 3.31. The summed E-state index contributed by atoms with van der Waals surface area (Å²) in [6.07, 6.45) is 5.47. The van der Waals surface area contributed by atoms with Crippen LogP contribution < -0.4 is 5.32 Å². The molecule has 78 valence electrons. The Hall–Kier alpha value is -0.680. The average molecular weight is 213 g/mol. The van der Waals surface area contributed by atoms with Crippen LogP contribution in [0.3, 0.4) is 0 Å². The van der Waals surface area contributed by atoms with E-state index < -0.39 is 0 Å². The monoisotopic (exact) mass is 213 g/mol. The lowest BCUT2D eigenvalue weighted by atomic mass is 10.1. The van der Waals surface area contributed by atoms with Crippen molar-refractivity contribution in [3.63, 3.8) is 0 Å². The van der Waals surface area contributed by atoms with Crippen LogP contribution in [0.15, 0.2) is 6.33 Å². The maximum absolute atomic E-state index is 5.57. The fourth-order valence-corrected chi connectivity index (χ4v) is 2.27. The predicted octanol–water partition coefficient (Wildman–Crippen LogP) is 1.91. The van der Waals surface area contributed by atoms with Crippen molar-refractivity contribution in [3.05, 3.63) is 6.33 Å². The summed E-state index contributed by atoms with van der Waals surface area (Å²) in [5.41, 5.74) is 0. The average Bonchev–Trinajstić information content (AvgIpc) is 2.76. The summed E-state index contributed by atoms with van der Waals surface area (Å²) in [6, 6.07) is 0.408. The molecule has 2 atom stereocenters. The second-order valence-electron chi connectivity index (χ2n) is 3.66. The Labute approximate surface area is 87.9 Å².